The largest absolute Gasteiger partial charge is 0.467 e. The molecule has 0 spiro atoms. The average molecular weight is 267 g/mol. The minimum absolute atomic E-state index is 0.00432. The number of hydrogen-bond donors (Lipinski definition) is 3. The Labute approximate surface area is 112 Å². The van der Waals surface area contributed by atoms with Crippen LogP contribution < -0.4 is 15.4 Å². The molecule has 7 nitrogen and oxygen atoms in total. The Bertz CT molecular complexity index is 415. The second-order valence-electron chi connectivity index (χ2n) is 4.60. The van der Waals surface area contributed by atoms with Gasteiger partial charge in [0.2, 0.25) is 11.9 Å². The summed E-state index contributed by atoms with van der Waals surface area (Å²) in [4.78, 5) is 12.5. The molecule has 3 N–H and O–H groups in total. The van der Waals surface area contributed by atoms with E-state index in [1.807, 2.05) is 6.92 Å². The number of hydrogen-bond acceptors (Lipinski definition) is 7. The number of nitrogens with zero attached hydrogens (tertiary/aromatic N) is 3. The Balaban J connectivity index is 2.11. The van der Waals surface area contributed by atoms with Crippen molar-refractivity contribution in [2.75, 3.05) is 24.3 Å². The van der Waals surface area contributed by atoms with E-state index in [1.165, 1.54) is 7.11 Å². The summed E-state index contributed by atoms with van der Waals surface area (Å²) in [6.07, 6.45) is 3.57. The summed E-state index contributed by atoms with van der Waals surface area (Å²) in [5.41, 5.74) is 0. The van der Waals surface area contributed by atoms with Gasteiger partial charge in [0.25, 0.3) is 0 Å². The highest BCUT2D eigenvalue weighted by atomic mass is 16.5. The monoisotopic (exact) mass is 267 g/mol. The number of nitrogens with one attached hydrogen (secondary N) is 2. The lowest BCUT2D eigenvalue weighted by atomic mass is 9.93. The van der Waals surface area contributed by atoms with Gasteiger partial charge in [-0.3, -0.25) is 0 Å². The number of aliphatic hydroxyl groups is 1. The fraction of sp³-hybridized carbons (Fsp3) is 0.750. The first-order chi connectivity index (χ1) is 9.22. The predicted octanol–water partition coefficient (Wildman–Crippen LogP) is 1.03. The minimum Gasteiger partial charge on any atom is -0.467 e. The number of aromatic nitrogens is 3. The van der Waals surface area contributed by atoms with Crippen LogP contribution in [0.3, 0.4) is 0 Å². The maximum atomic E-state index is 9.95. The van der Waals surface area contributed by atoms with Gasteiger partial charge in [-0.25, -0.2) is 0 Å². The third-order valence-electron chi connectivity index (χ3n) is 3.18. The summed E-state index contributed by atoms with van der Waals surface area (Å²) in [6.45, 7) is 2.69. The number of anilines is 2. The van der Waals surface area contributed by atoms with Crippen molar-refractivity contribution < 1.29 is 9.84 Å². The van der Waals surface area contributed by atoms with Crippen molar-refractivity contribution in [1.29, 1.82) is 0 Å². The summed E-state index contributed by atoms with van der Waals surface area (Å²) in [5, 5.41) is 16.1. The van der Waals surface area contributed by atoms with E-state index in [-0.39, 0.29) is 18.2 Å². The molecule has 7 heteroatoms. The quantitative estimate of drug-likeness (QED) is 0.733. The van der Waals surface area contributed by atoms with Crippen LogP contribution in [-0.4, -0.2) is 45.9 Å². The standard InChI is InChI=1S/C12H21N5O2/c1-3-13-10-15-11(17-12(16-10)19-2)14-8-6-4-5-7-9(8)18/h8-9,18H,3-7H2,1-2H3,(H2,13,14,15,16,17). The van der Waals surface area contributed by atoms with E-state index >= 15 is 0 Å². The molecule has 1 aromatic rings. The molecule has 1 fully saturated rings. The Kier molecular flexibility index (Phi) is 4.73. The van der Waals surface area contributed by atoms with Gasteiger partial charge >= 0.3 is 6.01 Å². The van der Waals surface area contributed by atoms with Gasteiger partial charge in [0, 0.05) is 6.54 Å². The van der Waals surface area contributed by atoms with Crippen LogP contribution in [0.15, 0.2) is 0 Å². The van der Waals surface area contributed by atoms with Crippen molar-refractivity contribution in [2.45, 2.75) is 44.8 Å². The van der Waals surface area contributed by atoms with Gasteiger partial charge in [-0.1, -0.05) is 12.8 Å². The number of aliphatic hydroxyl groups excluding tert-OH is 1. The Morgan fingerprint density at radius 1 is 1.21 bits per heavy atom. The smallest absolute Gasteiger partial charge is 0.322 e. The zero-order valence-corrected chi connectivity index (χ0v) is 11.4. The van der Waals surface area contributed by atoms with Gasteiger partial charge in [-0.2, -0.15) is 15.0 Å². The van der Waals surface area contributed by atoms with Crippen LogP contribution in [0.1, 0.15) is 32.6 Å². The summed E-state index contributed by atoms with van der Waals surface area (Å²) in [7, 11) is 1.52. The van der Waals surface area contributed by atoms with Crippen LogP contribution >= 0.6 is 0 Å². The van der Waals surface area contributed by atoms with Crippen LogP contribution in [0, 0.1) is 0 Å². The summed E-state index contributed by atoms with van der Waals surface area (Å²) in [6, 6.07) is 0.258. The van der Waals surface area contributed by atoms with Crippen LogP contribution in [0.2, 0.25) is 0 Å². The van der Waals surface area contributed by atoms with Crippen LogP contribution in [0.5, 0.6) is 6.01 Å². The summed E-state index contributed by atoms with van der Waals surface area (Å²) >= 11 is 0. The average Bonchev–Trinajstić information content (AvgIpc) is 2.41. The zero-order chi connectivity index (χ0) is 13.7. The topological polar surface area (TPSA) is 92.2 Å². The highest BCUT2D eigenvalue weighted by molar-refractivity contribution is 5.36. The molecule has 2 unspecified atom stereocenters. The van der Waals surface area contributed by atoms with Crippen molar-refractivity contribution in [2.24, 2.45) is 0 Å². The maximum Gasteiger partial charge on any atom is 0.322 e. The molecule has 1 aromatic heterocycles. The van der Waals surface area contributed by atoms with Gasteiger partial charge in [0.15, 0.2) is 0 Å². The minimum atomic E-state index is -0.348. The highest BCUT2D eigenvalue weighted by Crippen LogP contribution is 2.21. The van der Waals surface area contributed by atoms with Gasteiger partial charge in [-0.15, -0.1) is 0 Å². The van der Waals surface area contributed by atoms with Crippen LogP contribution in [0.25, 0.3) is 0 Å². The SMILES string of the molecule is CCNc1nc(NC2CCCCC2O)nc(OC)n1. The first-order valence-electron chi connectivity index (χ1n) is 6.71. The molecule has 0 radical (unpaired) electrons. The molecule has 2 atom stereocenters. The van der Waals surface area contributed by atoms with E-state index in [9.17, 15) is 5.11 Å². The van der Waals surface area contributed by atoms with Gasteiger partial charge in [-0.05, 0) is 19.8 Å². The van der Waals surface area contributed by atoms with Crippen molar-refractivity contribution >= 4 is 11.9 Å². The fourth-order valence-electron chi connectivity index (χ4n) is 2.19. The molecule has 0 saturated heterocycles. The maximum absolute atomic E-state index is 9.95. The van der Waals surface area contributed by atoms with Gasteiger partial charge < -0.3 is 20.5 Å². The Morgan fingerprint density at radius 3 is 2.63 bits per heavy atom. The lowest BCUT2D eigenvalue weighted by molar-refractivity contribution is 0.116. The first-order valence-corrected chi connectivity index (χ1v) is 6.71. The molecule has 0 amide bonds. The Morgan fingerprint density at radius 2 is 1.95 bits per heavy atom. The molecule has 1 aliphatic rings. The Hall–Kier alpha value is -1.63. The molecule has 1 saturated carbocycles. The second-order valence-corrected chi connectivity index (χ2v) is 4.60. The predicted molar refractivity (Wildman–Crippen MR) is 72.4 cm³/mol. The molecule has 2 rings (SSSR count). The molecule has 19 heavy (non-hydrogen) atoms. The van der Waals surface area contributed by atoms with Gasteiger partial charge in [0.1, 0.15) is 0 Å². The number of methoxy groups -OCH3 is 1. The first kappa shape index (κ1) is 13.8. The van der Waals surface area contributed by atoms with Crippen molar-refractivity contribution in [3.63, 3.8) is 0 Å². The van der Waals surface area contributed by atoms with Crippen molar-refractivity contribution in [3.8, 4) is 6.01 Å². The lowest BCUT2D eigenvalue weighted by Gasteiger charge is -2.28. The lowest BCUT2D eigenvalue weighted by Crippen LogP contribution is -2.37. The van der Waals surface area contributed by atoms with E-state index in [2.05, 4.69) is 25.6 Å². The molecule has 106 valence electrons. The molecular formula is C12H21N5O2. The second kappa shape index (κ2) is 6.51. The van der Waals surface area contributed by atoms with E-state index in [1.54, 1.807) is 0 Å². The third-order valence-corrected chi connectivity index (χ3v) is 3.18. The van der Waals surface area contributed by atoms with Crippen LogP contribution in [0.4, 0.5) is 11.9 Å². The molecule has 0 aromatic carbocycles. The fourth-order valence-corrected chi connectivity index (χ4v) is 2.19. The van der Waals surface area contributed by atoms with Crippen molar-refractivity contribution in [3.05, 3.63) is 0 Å². The van der Waals surface area contributed by atoms with Gasteiger partial charge in [0.05, 0.1) is 19.3 Å². The third kappa shape index (κ3) is 3.66. The van der Waals surface area contributed by atoms with E-state index < -0.39 is 0 Å². The van der Waals surface area contributed by atoms with E-state index in [0.717, 1.165) is 32.2 Å². The number of ether oxygens (including phenoxy) is 1. The molecule has 1 heterocycles. The molecule has 0 aliphatic heterocycles. The zero-order valence-electron chi connectivity index (χ0n) is 11.4. The van der Waals surface area contributed by atoms with E-state index in [4.69, 9.17) is 4.74 Å². The number of rotatable bonds is 5. The summed E-state index contributed by atoms with van der Waals surface area (Å²) < 4.78 is 5.05. The highest BCUT2D eigenvalue weighted by Gasteiger charge is 2.24. The van der Waals surface area contributed by atoms with E-state index in [0.29, 0.717) is 11.9 Å². The summed E-state index contributed by atoms with van der Waals surface area (Å²) in [5.74, 6) is 0.913. The molecular weight excluding hydrogens is 246 g/mol. The molecule has 0 bridgehead atoms. The van der Waals surface area contributed by atoms with Crippen LogP contribution in [-0.2, 0) is 0 Å². The van der Waals surface area contributed by atoms with Crippen molar-refractivity contribution in [1.82, 2.24) is 15.0 Å². The normalized spacial score (nSPS) is 22.9. The molecule has 1 aliphatic carbocycles.